The zero-order valence-electron chi connectivity index (χ0n) is 40.0. The first-order chi connectivity index (χ1) is 25.7. The van der Waals surface area contributed by atoms with Crippen molar-refractivity contribution in [2.24, 2.45) is 5.41 Å². The van der Waals surface area contributed by atoms with Gasteiger partial charge < -0.3 is 35.1 Å². The molecule has 7 N–H and O–H groups in total. The lowest BCUT2D eigenvalue weighted by Gasteiger charge is -2.54. The average molecular weight is 825 g/mol. The normalized spacial score (nSPS) is 14.4. The molecule has 8 heteroatoms. The maximum Gasteiger partial charge on any atom is 0.324 e. The van der Waals surface area contributed by atoms with Crippen molar-refractivity contribution >= 4 is 8.60 Å². The topological polar surface area (TPSA) is 142 Å². The zero-order chi connectivity index (χ0) is 45.7. The lowest BCUT2D eigenvalue weighted by Crippen LogP contribution is -2.58. The number of aliphatic hydroxyl groups is 4. The summed E-state index contributed by atoms with van der Waals surface area (Å²) in [7, 11) is -2.62. The summed E-state index contributed by atoms with van der Waals surface area (Å²) < 4.78 is 0. The molecule has 0 saturated carbocycles. The molecular weight excluding hydrogens is 744 g/mol. The van der Waals surface area contributed by atoms with Crippen molar-refractivity contribution in [2.45, 2.75) is 190 Å². The molecule has 58 heavy (non-hydrogen) atoms. The number of benzene rings is 3. The minimum absolute atomic E-state index is 0.412. The van der Waals surface area contributed by atoms with Crippen LogP contribution in [0.25, 0.3) is 0 Å². The highest BCUT2D eigenvalue weighted by molar-refractivity contribution is 7.38. The molecule has 1 atom stereocenters. The van der Waals surface area contributed by atoms with E-state index in [-0.39, 0.29) is 0 Å². The minimum atomic E-state index is -2.62. The summed E-state index contributed by atoms with van der Waals surface area (Å²) in [5, 5.41) is 53.3. The highest BCUT2D eigenvalue weighted by Crippen LogP contribution is 2.60. The van der Waals surface area contributed by atoms with Crippen LogP contribution >= 0.6 is 8.60 Å². The van der Waals surface area contributed by atoms with Crippen LogP contribution in [0.3, 0.4) is 0 Å². The minimum Gasteiger partial charge on any atom is -0.395 e. The van der Waals surface area contributed by atoms with Crippen LogP contribution in [0, 0.1) is 26.2 Å². The molecule has 7 nitrogen and oxygen atoms in total. The molecule has 0 aliphatic carbocycles. The molecule has 0 aromatic heterocycles. The van der Waals surface area contributed by atoms with Crippen molar-refractivity contribution in [1.29, 1.82) is 0 Å². The van der Waals surface area contributed by atoms with E-state index in [2.05, 4.69) is 182 Å². The summed E-state index contributed by atoms with van der Waals surface area (Å²) in [5.41, 5.74) is 3.94. The van der Waals surface area contributed by atoms with E-state index in [1.54, 1.807) is 0 Å². The third kappa shape index (κ3) is 10.6. The first kappa shape index (κ1) is 51.9. The Morgan fingerprint density at radius 1 is 0.431 bits per heavy atom. The molecule has 0 bridgehead atoms. The number of rotatable bonds is 7. The number of hydrogen-bond donors (Lipinski definition) is 7. The molecular formula is C50H81O7P. The molecule has 0 spiro atoms. The average Bonchev–Trinajstić information content (AvgIpc) is 3.01. The van der Waals surface area contributed by atoms with Gasteiger partial charge in [0.25, 0.3) is 0 Å². The Hall–Kier alpha value is -2.19. The van der Waals surface area contributed by atoms with Crippen LogP contribution in [0.5, 0.6) is 0 Å². The predicted octanol–water partition coefficient (Wildman–Crippen LogP) is 10.5. The Bertz CT molecular complexity index is 1710. The maximum absolute atomic E-state index is 15.0. The lowest BCUT2D eigenvalue weighted by atomic mass is 9.53. The van der Waals surface area contributed by atoms with Crippen molar-refractivity contribution in [3.8, 4) is 0 Å². The Labute approximate surface area is 354 Å². The fraction of sp³-hybridized carbons (Fsp3) is 0.640. The highest BCUT2D eigenvalue weighted by Gasteiger charge is 2.62. The van der Waals surface area contributed by atoms with E-state index < -0.39 is 71.4 Å². The van der Waals surface area contributed by atoms with Crippen molar-refractivity contribution in [2.75, 3.05) is 13.2 Å². The third-order valence-electron chi connectivity index (χ3n) is 11.5. The van der Waals surface area contributed by atoms with Gasteiger partial charge in [-0.15, -0.1) is 0 Å². The predicted molar refractivity (Wildman–Crippen MR) is 244 cm³/mol. The Morgan fingerprint density at radius 3 is 0.793 bits per heavy atom. The number of aryl methyl sites for hydroxylation is 3. The van der Waals surface area contributed by atoms with E-state index in [1.807, 2.05) is 0 Å². The summed E-state index contributed by atoms with van der Waals surface area (Å²) in [6.45, 7) is 43.7. The van der Waals surface area contributed by atoms with Crippen molar-refractivity contribution in [3.63, 3.8) is 0 Å². The van der Waals surface area contributed by atoms with Gasteiger partial charge in [-0.25, -0.2) is 0 Å². The monoisotopic (exact) mass is 825 g/mol. The molecule has 3 rings (SSSR count). The smallest absolute Gasteiger partial charge is 0.324 e. The molecule has 328 valence electrons. The molecule has 3 aromatic carbocycles. The van der Waals surface area contributed by atoms with Gasteiger partial charge in [-0.3, -0.25) is 0 Å². The largest absolute Gasteiger partial charge is 0.395 e. The Morgan fingerprint density at radius 2 is 0.621 bits per heavy atom. The molecule has 1 unspecified atom stereocenters. The van der Waals surface area contributed by atoms with Crippen LogP contribution in [0.2, 0.25) is 0 Å². The van der Waals surface area contributed by atoms with Crippen molar-refractivity contribution < 1.29 is 35.1 Å². The first-order valence-corrected chi connectivity index (χ1v) is 21.9. The van der Waals surface area contributed by atoms with E-state index in [0.717, 1.165) is 50.1 Å². The lowest BCUT2D eigenvalue weighted by molar-refractivity contribution is -0.175. The van der Waals surface area contributed by atoms with Crippen molar-refractivity contribution in [1.82, 2.24) is 0 Å². The van der Waals surface area contributed by atoms with Gasteiger partial charge in [0.15, 0.2) is 0 Å². The molecule has 0 saturated heterocycles. The summed E-state index contributed by atoms with van der Waals surface area (Å²) in [6.07, 6.45) is -1.49. The van der Waals surface area contributed by atoms with Crippen molar-refractivity contribution in [3.05, 3.63) is 103 Å². The first-order valence-electron chi connectivity index (χ1n) is 20.7. The SMILES string of the molecule is Cc1cc(C(C)(C)C)c(C(O)C(CO)(CO)C(O)(c2c(C(C)(C)C)cc(C)cc2C(C)(C)C)c2c(C(C)(C)C)cc(C)cc2C(C)(C)C)c(C(C)(C)C)c1.OP(O)O. The fourth-order valence-electron chi connectivity index (χ4n) is 8.60. The maximum atomic E-state index is 15.0. The Balaban J connectivity index is 0.00000276. The van der Waals surface area contributed by atoms with E-state index in [0.29, 0.717) is 16.7 Å². The second kappa shape index (κ2) is 17.3. The van der Waals surface area contributed by atoms with Crippen LogP contribution in [-0.2, 0) is 38.1 Å². The van der Waals surface area contributed by atoms with Gasteiger partial charge in [0.2, 0.25) is 0 Å². The van der Waals surface area contributed by atoms with Gasteiger partial charge in [-0.2, -0.15) is 0 Å². The van der Waals surface area contributed by atoms with E-state index in [1.165, 1.54) is 0 Å². The number of aliphatic hydroxyl groups excluding tert-OH is 3. The second-order valence-corrected chi connectivity index (χ2v) is 23.6. The molecule has 3 aromatic rings. The van der Waals surface area contributed by atoms with Gasteiger partial charge in [-0.05, 0) is 103 Å². The molecule has 0 amide bonds. The van der Waals surface area contributed by atoms with Gasteiger partial charge in [0.1, 0.15) is 5.60 Å². The molecule has 0 radical (unpaired) electrons. The molecule has 0 aliphatic rings. The van der Waals surface area contributed by atoms with Gasteiger partial charge >= 0.3 is 8.60 Å². The second-order valence-electron chi connectivity index (χ2n) is 23.1. The van der Waals surface area contributed by atoms with E-state index >= 15 is 5.11 Å². The van der Waals surface area contributed by atoms with Crippen LogP contribution in [0.1, 0.15) is 197 Å². The van der Waals surface area contributed by atoms with Gasteiger partial charge in [0.05, 0.1) is 24.7 Å². The summed E-state index contributed by atoms with van der Waals surface area (Å²) >= 11 is 0. The number of hydrogen-bond acceptors (Lipinski definition) is 7. The van der Waals surface area contributed by atoms with Crippen LogP contribution in [0.4, 0.5) is 0 Å². The zero-order valence-corrected chi connectivity index (χ0v) is 40.9. The van der Waals surface area contributed by atoms with E-state index in [4.69, 9.17) is 14.7 Å². The summed E-state index contributed by atoms with van der Waals surface area (Å²) in [4.78, 5) is 21.7. The van der Waals surface area contributed by atoms with Crippen LogP contribution in [0.15, 0.2) is 36.4 Å². The standard InChI is InChI=1S/C50H78O4.H3O3P/c1-30-22-33(43(4,5)6)39(34(23-30)44(7,8)9)42(53)49(28-51,29-52)50(54,40-35(45(10,11)12)24-31(2)25-36(40)46(13,14)15)41-37(47(16,17)18)26-32(3)27-38(41)48(19,20)21;1-4(2)3/h22-27,42,51-54H,28-29H2,1-21H3;1-3H. The quantitative estimate of drug-likeness (QED) is 0.118. The molecule has 0 heterocycles. The summed E-state index contributed by atoms with van der Waals surface area (Å²) in [6, 6.07) is 12.9. The summed E-state index contributed by atoms with van der Waals surface area (Å²) in [5.74, 6) is 0. The van der Waals surface area contributed by atoms with Gasteiger partial charge in [-0.1, -0.05) is 178 Å². The van der Waals surface area contributed by atoms with Crippen LogP contribution < -0.4 is 0 Å². The van der Waals surface area contributed by atoms with Crippen LogP contribution in [-0.4, -0.2) is 48.3 Å². The third-order valence-corrected chi connectivity index (χ3v) is 11.5. The molecule has 0 aliphatic heterocycles. The van der Waals surface area contributed by atoms with Gasteiger partial charge in [0, 0.05) is 0 Å². The molecule has 0 fully saturated rings. The fourth-order valence-corrected chi connectivity index (χ4v) is 8.60. The van der Waals surface area contributed by atoms with E-state index in [9.17, 15) is 15.3 Å². The Kier molecular flexibility index (Phi) is 15.5. The highest BCUT2D eigenvalue weighted by atomic mass is 31.2.